The van der Waals surface area contributed by atoms with Crippen molar-refractivity contribution >= 4 is 5.91 Å². The predicted octanol–water partition coefficient (Wildman–Crippen LogP) is 1.65. The fraction of sp³-hybridized carbons (Fsp3) is 0.545. The third kappa shape index (κ3) is 1.67. The summed E-state index contributed by atoms with van der Waals surface area (Å²) >= 11 is 0. The minimum absolute atomic E-state index is 0.178. The van der Waals surface area contributed by atoms with Crippen LogP contribution in [-0.4, -0.2) is 28.5 Å². The van der Waals surface area contributed by atoms with Crippen molar-refractivity contribution in [3.63, 3.8) is 0 Å². The van der Waals surface area contributed by atoms with E-state index in [4.69, 9.17) is 0 Å². The molecule has 1 saturated heterocycles. The molecule has 0 radical (unpaired) electrons. The summed E-state index contributed by atoms with van der Waals surface area (Å²) in [6.07, 6.45) is 5.47. The molecule has 1 aromatic rings. The molecule has 0 saturated carbocycles. The normalized spacial score (nSPS) is 17.1. The van der Waals surface area contributed by atoms with Crippen molar-refractivity contribution in [3.05, 3.63) is 24.0 Å². The summed E-state index contributed by atoms with van der Waals surface area (Å²) in [5.74, 6) is 0.178. The SMILES string of the molecule is Cn1cccc1C(=O)N1CCCCC1. The monoisotopic (exact) mass is 192 g/mol. The van der Waals surface area contributed by atoms with Crippen molar-refractivity contribution in [2.75, 3.05) is 13.1 Å². The Hall–Kier alpha value is -1.25. The van der Waals surface area contributed by atoms with Gasteiger partial charge in [0.1, 0.15) is 5.69 Å². The fourth-order valence-corrected chi connectivity index (χ4v) is 1.94. The topological polar surface area (TPSA) is 25.2 Å². The van der Waals surface area contributed by atoms with Crippen LogP contribution >= 0.6 is 0 Å². The predicted molar refractivity (Wildman–Crippen MR) is 55.2 cm³/mol. The van der Waals surface area contributed by atoms with Crippen molar-refractivity contribution in [3.8, 4) is 0 Å². The molecule has 1 aliphatic heterocycles. The Labute approximate surface area is 84.3 Å². The minimum atomic E-state index is 0.178. The molecule has 3 nitrogen and oxygen atoms in total. The summed E-state index contributed by atoms with van der Waals surface area (Å²) in [5.41, 5.74) is 0.798. The van der Waals surface area contributed by atoms with Crippen LogP contribution in [0.3, 0.4) is 0 Å². The molecule has 0 aliphatic carbocycles. The number of amides is 1. The van der Waals surface area contributed by atoms with Gasteiger partial charge in [-0.2, -0.15) is 0 Å². The smallest absolute Gasteiger partial charge is 0.270 e. The number of nitrogens with zero attached hydrogens (tertiary/aromatic N) is 2. The fourth-order valence-electron chi connectivity index (χ4n) is 1.94. The van der Waals surface area contributed by atoms with E-state index in [1.54, 1.807) is 0 Å². The second kappa shape index (κ2) is 3.86. The van der Waals surface area contributed by atoms with Gasteiger partial charge >= 0.3 is 0 Å². The van der Waals surface area contributed by atoms with Gasteiger partial charge in [0.15, 0.2) is 0 Å². The van der Waals surface area contributed by atoms with E-state index in [-0.39, 0.29) is 5.91 Å². The van der Waals surface area contributed by atoms with Crippen LogP contribution < -0.4 is 0 Å². The summed E-state index contributed by atoms with van der Waals surface area (Å²) in [7, 11) is 1.91. The molecule has 1 aliphatic rings. The average molecular weight is 192 g/mol. The Bertz CT molecular complexity index is 324. The molecule has 0 atom stereocenters. The van der Waals surface area contributed by atoms with E-state index >= 15 is 0 Å². The van der Waals surface area contributed by atoms with Gasteiger partial charge in [0.25, 0.3) is 5.91 Å². The molecule has 0 spiro atoms. The lowest BCUT2D eigenvalue weighted by atomic mass is 10.1. The molecular formula is C11H16N2O. The van der Waals surface area contributed by atoms with E-state index in [2.05, 4.69) is 0 Å². The van der Waals surface area contributed by atoms with Crippen LogP contribution in [-0.2, 0) is 7.05 Å². The molecule has 0 bridgehead atoms. The number of aromatic nitrogens is 1. The average Bonchev–Trinajstić information content (AvgIpc) is 2.65. The summed E-state index contributed by atoms with van der Waals surface area (Å²) < 4.78 is 1.89. The van der Waals surface area contributed by atoms with Crippen molar-refractivity contribution in [2.24, 2.45) is 7.05 Å². The van der Waals surface area contributed by atoms with Gasteiger partial charge in [0.05, 0.1) is 0 Å². The third-order valence-corrected chi connectivity index (χ3v) is 2.81. The molecule has 0 unspecified atom stereocenters. The van der Waals surface area contributed by atoms with Gasteiger partial charge in [0.2, 0.25) is 0 Å². The highest BCUT2D eigenvalue weighted by molar-refractivity contribution is 5.92. The highest BCUT2D eigenvalue weighted by atomic mass is 16.2. The van der Waals surface area contributed by atoms with Gasteiger partial charge in [-0.1, -0.05) is 0 Å². The number of carbonyl (C=O) groups is 1. The summed E-state index contributed by atoms with van der Waals surface area (Å²) in [6.45, 7) is 1.84. The number of piperidine rings is 1. The molecule has 0 aromatic carbocycles. The molecule has 14 heavy (non-hydrogen) atoms. The van der Waals surface area contributed by atoms with E-state index in [0.29, 0.717) is 0 Å². The van der Waals surface area contributed by atoms with E-state index < -0.39 is 0 Å². The largest absolute Gasteiger partial charge is 0.347 e. The Balaban J connectivity index is 2.11. The quantitative estimate of drug-likeness (QED) is 0.664. The number of carbonyl (C=O) groups excluding carboxylic acids is 1. The van der Waals surface area contributed by atoms with Gasteiger partial charge < -0.3 is 9.47 Å². The van der Waals surface area contributed by atoms with Gasteiger partial charge in [-0.25, -0.2) is 0 Å². The number of hydrogen-bond donors (Lipinski definition) is 0. The van der Waals surface area contributed by atoms with Crippen LogP contribution in [0.25, 0.3) is 0 Å². The van der Waals surface area contributed by atoms with Crippen LogP contribution in [0.5, 0.6) is 0 Å². The molecule has 76 valence electrons. The van der Waals surface area contributed by atoms with E-state index in [1.807, 2.05) is 34.8 Å². The van der Waals surface area contributed by atoms with E-state index in [9.17, 15) is 4.79 Å². The lowest BCUT2D eigenvalue weighted by Crippen LogP contribution is -2.36. The summed E-state index contributed by atoms with van der Waals surface area (Å²) in [6, 6.07) is 3.80. The van der Waals surface area contributed by atoms with Crippen molar-refractivity contribution in [1.82, 2.24) is 9.47 Å². The maximum Gasteiger partial charge on any atom is 0.270 e. The maximum absolute atomic E-state index is 12.0. The molecule has 1 fully saturated rings. The lowest BCUT2D eigenvalue weighted by molar-refractivity contribution is 0.0714. The second-order valence-corrected chi connectivity index (χ2v) is 3.86. The van der Waals surface area contributed by atoms with Gasteiger partial charge in [-0.05, 0) is 31.4 Å². The maximum atomic E-state index is 12.0. The zero-order valence-electron chi connectivity index (χ0n) is 8.57. The molecule has 0 N–H and O–H groups in total. The van der Waals surface area contributed by atoms with Gasteiger partial charge in [-0.3, -0.25) is 4.79 Å². The Morgan fingerprint density at radius 2 is 2.00 bits per heavy atom. The Morgan fingerprint density at radius 3 is 2.57 bits per heavy atom. The van der Waals surface area contributed by atoms with Crippen molar-refractivity contribution in [1.29, 1.82) is 0 Å². The zero-order chi connectivity index (χ0) is 9.97. The highest BCUT2D eigenvalue weighted by Gasteiger charge is 2.19. The van der Waals surface area contributed by atoms with Crippen LogP contribution in [0, 0.1) is 0 Å². The minimum Gasteiger partial charge on any atom is -0.347 e. The van der Waals surface area contributed by atoms with E-state index in [0.717, 1.165) is 31.6 Å². The highest BCUT2D eigenvalue weighted by Crippen LogP contribution is 2.12. The van der Waals surface area contributed by atoms with Crippen LogP contribution in [0.2, 0.25) is 0 Å². The van der Waals surface area contributed by atoms with Crippen LogP contribution in [0.15, 0.2) is 18.3 Å². The number of hydrogen-bond acceptors (Lipinski definition) is 1. The molecule has 3 heteroatoms. The Kier molecular flexibility index (Phi) is 2.57. The molecule has 2 heterocycles. The van der Waals surface area contributed by atoms with Crippen LogP contribution in [0.4, 0.5) is 0 Å². The third-order valence-electron chi connectivity index (χ3n) is 2.81. The first-order valence-electron chi connectivity index (χ1n) is 5.19. The number of aryl methyl sites for hydroxylation is 1. The van der Waals surface area contributed by atoms with E-state index in [1.165, 1.54) is 6.42 Å². The van der Waals surface area contributed by atoms with Crippen molar-refractivity contribution < 1.29 is 4.79 Å². The second-order valence-electron chi connectivity index (χ2n) is 3.86. The first-order chi connectivity index (χ1) is 6.79. The van der Waals surface area contributed by atoms with Gasteiger partial charge in [0, 0.05) is 26.3 Å². The lowest BCUT2D eigenvalue weighted by Gasteiger charge is -2.26. The zero-order valence-corrected chi connectivity index (χ0v) is 8.57. The Morgan fingerprint density at radius 1 is 1.29 bits per heavy atom. The van der Waals surface area contributed by atoms with Crippen LogP contribution in [0.1, 0.15) is 29.8 Å². The van der Waals surface area contributed by atoms with Gasteiger partial charge in [-0.15, -0.1) is 0 Å². The van der Waals surface area contributed by atoms with Crippen molar-refractivity contribution in [2.45, 2.75) is 19.3 Å². The molecule has 2 rings (SSSR count). The standard InChI is InChI=1S/C11H16N2O/c1-12-7-5-6-10(12)11(14)13-8-3-2-4-9-13/h5-7H,2-4,8-9H2,1H3. The first kappa shape index (κ1) is 9.31. The molecule has 1 aromatic heterocycles. The first-order valence-corrected chi connectivity index (χ1v) is 5.19. The molecule has 1 amide bonds. The summed E-state index contributed by atoms with van der Waals surface area (Å²) in [5, 5.41) is 0. The number of rotatable bonds is 1. The summed E-state index contributed by atoms with van der Waals surface area (Å²) in [4.78, 5) is 13.9. The molecular weight excluding hydrogens is 176 g/mol. The number of likely N-dealkylation sites (tertiary alicyclic amines) is 1.